The Morgan fingerprint density at radius 2 is 1.88 bits per heavy atom. The number of ether oxygens (including phenoxy) is 1. The van der Waals surface area contributed by atoms with Gasteiger partial charge in [-0.2, -0.15) is 0 Å². The number of amides is 1. The molecule has 32 heavy (non-hydrogen) atoms. The fourth-order valence-electron chi connectivity index (χ4n) is 3.49. The molecule has 0 radical (unpaired) electrons. The number of hydrogen-bond acceptors (Lipinski definition) is 5. The zero-order chi connectivity index (χ0) is 22.1. The van der Waals surface area contributed by atoms with Crippen LogP contribution in [-0.4, -0.2) is 27.6 Å². The van der Waals surface area contributed by atoms with Gasteiger partial charge in [-0.25, -0.2) is 4.98 Å². The van der Waals surface area contributed by atoms with Crippen molar-refractivity contribution >= 4 is 17.2 Å². The molecule has 1 N–H and O–H groups in total. The summed E-state index contributed by atoms with van der Waals surface area (Å²) >= 11 is 0. The molecule has 0 aliphatic heterocycles. The van der Waals surface area contributed by atoms with E-state index in [9.17, 15) is 4.79 Å². The number of nitrogens with zero attached hydrogens (tertiary/aromatic N) is 3. The van der Waals surface area contributed by atoms with Gasteiger partial charge >= 0.3 is 0 Å². The molecule has 158 valence electrons. The van der Waals surface area contributed by atoms with Crippen LogP contribution in [0.25, 0.3) is 28.2 Å². The highest BCUT2D eigenvalue weighted by Crippen LogP contribution is 2.31. The largest absolute Gasteiger partial charge is 0.495 e. The molecule has 0 aliphatic rings. The lowest BCUT2D eigenvalue weighted by molar-refractivity contribution is 0.101. The Kier molecular flexibility index (Phi) is 4.91. The van der Waals surface area contributed by atoms with Crippen molar-refractivity contribution in [1.29, 1.82) is 0 Å². The normalized spacial score (nSPS) is 10.9. The van der Waals surface area contributed by atoms with E-state index in [4.69, 9.17) is 14.2 Å². The van der Waals surface area contributed by atoms with Gasteiger partial charge in [0.25, 0.3) is 5.91 Å². The molecular formula is C25H20N4O3. The number of rotatable bonds is 5. The maximum Gasteiger partial charge on any atom is 0.277 e. The Bertz CT molecular complexity index is 1420. The molecule has 0 atom stereocenters. The first-order valence-corrected chi connectivity index (χ1v) is 10.1. The summed E-state index contributed by atoms with van der Waals surface area (Å²) in [4.78, 5) is 17.5. The van der Waals surface area contributed by atoms with Gasteiger partial charge < -0.3 is 19.0 Å². The van der Waals surface area contributed by atoms with Gasteiger partial charge in [-0.1, -0.05) is 35.5 Å². The molecule has 0 saturated heterocycles. The summed E-state index contributed by atoms with van der Waals surface area (Å²) in [7, 11) is 1.56. The van der Waals surface area contributed by atoms with E-state index in [1.807, 2.05) is 78.3 Å². The highest BCUT2D eigenvalue weighted by molar-refractivity contribution is 6.04. The number of carbonyl (C=O) groups is 1. The van der Waals surface area contributed by atoms with Crippen LogP contribution in [0.3, 0.4) is 0 Å². The number of hydrogen-bond donors (Lipinski definition) is 1. The van der Waals surface area contributed by atoms with E-state index in [0.717, 1.165) is 28.0 Å². The highest BCUT2D eigenvalue weighted by Gasteiger charge is 2.17. The van der Waals surface area contributed by atoms with Crippen molar-refractivity contribution in [2.75, 3.05) is 12.4 Å². The second-order valence-electron chi connectivity index (χ2n) is 7.41. The molecule has 0 saturated carbocycles. The van der Waals surface area contributed by atoms with Crippen molar-refractivity contribution in [2.24, 2.45) is 0 Å². The fourth-order valence-corrected chi connectivity index (χ4v) is 3.49. The third-order valence-electron chi connectivity index (χ3n) is 5.16. The summed E-state index contributed by atoms with van der Waals surface area (Å²) in [5.41, 5.74) is 5.19. The molecular weight excluding hydrogens is 404 g/mol. The molecule has 7 heteroatoms. The Labute approximate surface area is 184 Å². The summed E-state index contributed by atoms with van der Waals surface area (Å²) in [6, 6.07) is 20.7. The first-order valence-electron chi connectivity index (χ1n) is 10.1. The zero-order valence-electron chi connectivity index (χ0n) is 17.6. The average molecular weight is 424 g/mol. The number of imidazole rings is 1. The molecule has 0 aliphatic carbocycles. The second kappa shape index (κ2) is 8.03. The number of methoxy groups -OCH3 is 1. The van der Waals surface area contributed by atoms with E-state index in [1.165, 1.54) is 0 Å². The number of nitrogens with one attached hydrogen (secondary N) is 1. The molecule has 0 bridgehead atoms. The molecule has 0 fully saturated rings. The molecule has 1 amide bonds. The molecule has 0 spiro atoms. The lowest BCUT2D eigenvalue weighted by Gasteiger charge is -2.10. The zero-order valence-corrected chi connectivity index (χ0v) is 17.6. The van der Waals surface area contributed by atoms with Crippen LogP contribution < -0.4 is 10.1 Å². The molecule has 5 aromatic rings. The van der Waals surface area contributed by atoms with E-state index >= 15 is 0 Å². The smallest absolute Gasteiger partial charge is 0.277 e. The Morgan fingerprint density at radius 3 is 2.69 bits per heavy atom. The van der Waals surface area contributed by atoms with Gasteiger partial charge in [0.05, 0.1) is 18.5 Å². The summed E-state index contributed by atoms with van der Waals surface area (Å²) in [6.45, 7) is 2.03. The Morgan fingerprint density at radius 1 is 1.03 bits per heavy atom. The first-order chi connectivity index (χ1) is 15.6. The van der Waals surface area contributed by atoms with Crippen LogP contribution in [-0.2, 0) is 0 Å². The predicted octanol–water partition coefficient (Wildman–Crippen LogP) is 5.23. The minimum Gasteiger partial charge on any atom is -0.495 e. The summed E-state index contributed by atoms with van der Waals surface area (Å²) in [6.07, 6.45) is 3.92. The molecule has 2 aromatic carbocycles. The predicted molar refractivity (Wildman–Crippen MR) is 122 cm³/mol. The monoisotopic (exact) mass is 424 g/mol. The maximum atomic E-state index is 12.8. The molecule has 7 nitrogen and oxygen atoms in total. The lowest BCUT2D eigenvalue weighted by Crippen LogP contribution is -2.13. The maximum absolute atomic E-state index is 12.8. The number of pyridine rings is 1. The topological polar surface area (TPSA) is 81.7 Å². The number of carbonyl (C=O) groups excluding carboxylic acids is 1. The van der Waals surface area contributed by atoms with Crippen LogP contribution >= 0.6 is 0 Å². The van der Waals surface area contributed by atoms with Crippen LogP contribution in [0.2, 0.25) is 0 Å². The number of aryl methyl sites for hydroxylation is 1. The summed E-state index contributed by atoms with van der Waals surface area (Å²) < 4.78 is 12.7. The third kappa shape index (κ3) is 3.72. The molecule has 3 aromatic heterocycles. The van der Waals surface area contributed by atoms with E-state index in [-0.39, 0.29) is 5.69 Å². The van der Waals surface area contributed by atoms with E-state index in [2.05, 4.69) is 10.5 Å². The van der Waals surface area contributed by atoms with Gasteiger partial charge in [-0.05, 0) is 42.8 Å². The van der Waals surface area contributed by atoms with Gasteiger partial charge in [0.15, 0.2) is 11.5 Å². The van der Waals surface area contributed by atoms with Crippen molar-refractivity contribution in [1.82, 2.24) is 14.5 Å². The number of aromatic nitrogens is 3. The quantitative estimate of drug-likeness (QED) is 0.418. The molecule has 3 heterocycles. The lowest BCUT2D eigenvalue weighted by atomic mass is 10.1. The van der Waals surface area contributed by atoms with E-state index in [0.29, 0.717) is 17.2 Å². The third-order valence-corrected chi connectivity index (χ3v) is 5.16. The summed E-state index contributed by atoms with van der Waals surface area (Å²) in [5.74, 6) is 0.668. The SMILES string of the molecule is COc1ccc(-c2cn3ccc(C)cc3n2)cc1NC(=O)c1cc(-c2ccccc2)on1. The second-order valence-corrected chi connectivity index (χ2v) is 7.41. The minimum atomic E-state index is -0.392. The van der Waals surface area contributed by atoms with Crippen LogP contribution in [0.15, 0.2) is 83.6 Å². The van der Waals surface area contributed by atoms with Gasteiger partial charge in [-0.15, -0.1) is 0 Å². The van der Waals surface area contributed by atoms with Gasteiger partial charge in [0, 0.05) is 29.6 Å². The molecule has 5 rings (SSSR count). The standard InChI is InChI=1S/C25H20N4O3/c1-16-10-11-29-15-21(26-24(29)12-16)18-8-9-22(31-2)19(13-18)27-25(30)20-14-23(32-28-20)17-6-4-3-5-7-17/h3-15H,1-2H3,(H,27,30). The Hall–Kier alpha value is -4.39. The molecule has 0 unspecified atom stereocenters. The minimum absolute atomic E-state index is 0.180. The highest BCUT2D eigenvalue weighted by atomic mass is 16.5. The number of anilines is 1. The van der Waals surface area contributed by atoms with Crippen molar-refractivity contribution in [3.8, 4) is 28.3 Å². The van der Waals surface area contributed by atoms with E-state index in [1.54, 1.807) is 19.2 Å². The number of fused-ring (bicyclic) bond motifs is 1. The van der Waals surface area contributed by atoms with Gasteiger partial charge in [0.2, 0.25) is 0 Å². The fraction of sp³-hybridized carbons (Fsp3) is 0.0800. The Balaban J connectivity index is 1.44. The van der Waals surface area contributed by atoms with Crippen LogP contribution in [0.1, 0.15) is 16.1 Å². The van der Waals surface area contributed by atoms with Crippen molar-refractivity contribution < 1.29 is 14.1 Å². The summed E-state index contributed by atoms with van der Waals surface area (Å²) in [5, 5.41) is 6.79. The van der Waals surface area contributed by atoms with E-state index < -0.39 is 5.91 Å². The van der Waals surface area contributed by atoms with Crippen LogP contribution in [0.4, 0.5) is 5.69 Å². The number of benzene rings is 2. The van der Waals surface area contributed by atoms with Gasteiger partial charge in [0.1, 0.15) is 11.4 Å². The van der Waals surface area contributed by atoms with Crippen LogP contribution in [0.5, 0.6) is 5.75 Å². The van der Waals surface area contributed by atoms with Crippen molar-refractivity contribution in [2.45, 2.75) is 6.92 Å². The van der Waals surface area contributed by atoms with Crippen molar-refractivity contribution in [3.63, 3.8) is 0 Å². The van der Waals surface area contributed by atoms with Gasteiger partial charge in [-0.3, -0.25) is 4.79 Å². The van der Waals surface area contributed by atoms with Crippen LogP contribution in [0, 0.1) is 6.92 Å². The van der Waals surface area contributed by atoms with Crippen molar-refractivity contribution in [3.05, 3.63) is 90.4 Å². The first kappa shape index (κ1) is 19.6. The average Bonchev–Trinajstić information content (AvgIpc) is 3.47.